The number of hydrogen-bond donors (Lipinski definition) is 2. The average Bonchev–Trinajstić information content (AvgIpc) is 3.34. The zero-order chi connectivity index (χ0) is 24.1. The quantitative estimate of drug-likeness (QED) is 0.496. The standard InChI is InChI=1S/C23H27N5O5S/c1-2-34(31,32)20-9-7-19(8-10-20)28-13-17(11-26-28)22-21(12-24-15-25-22)33-14-16-3-5-18(6-4-16)27-23(29)30/h7-13,15-16,18,27H,2-6,14H2,1H3,(H,29,30). The highest BCUT2D eigenvalue weighted by Crippen LogP contribution is 2.30. The van der Waals surface area contributed by atoms with Crippen LogP contribution in [0.2, 0.25) is 0 Å². The topological polar surface area (TPSA) is 136 Å². The second kappa shape index (κ2) is 10.2. The predicted octanol–water partition coefficient (Wildman–Crippen LogP) is 3.33. The molecule has 0 radical (unpaired) electrons. The van der Waals surface area contributed by atoms with Crippen molar-refractivity contribution in [1.29, 1.82) is 0 Å². The Kier molecular flexibility index (Phi) is 7.11. The number of benzene rings is 1. The van der Waals surface area contributed by atoms with Gasteiger partial charge in [0.15, 0.2) is 15.6 Å². The first-order valence-electron chi connectivity index (χ1n) is 11.2. The van der Waals surface area contributed by atoms with E-state index in [9.17, 15) is 13.2 Å². The number of aromatic nitrogens is 4. The molecular formula is C23H27N5O5S. The zero-order valence-corrected chi connectivity index (χ0v) is 19.6. The highest BCUT2D eigenvalue weighted by atomic mass is 32.2. The molecule has 0 spiro atoms. The number of sulfone groups is 1. The molecule has 10 nitrogen and oxygen atoms in total. The summed E-state index contributed by atoms with van der Waals surface area (Å²) in [6.07, 6.45) is 8.94. The summed E-state index contributed by atoms with van der Waals surface area (Å²) in [6.45, 7) is 2.12. The lowest BCUT2D eigenvalue weighted by Crippen LogP contribution is -2.37. The summed E-state index contributed by atoms with van der Waals surface area (Å²) in [5.41, 5.74) is 2.09. The van der Waals surface area contributed by atoms with Crippen LogP contribution in [0.5, 0.6) is 5.75 Å². The maximum Gasteiger partial charge on any atom is 0.404 e. The van der Waals surface area contributed by atoms with Crippen molar-refractivity contribution in [3.63, 3.8) is 0 Å². The van der Waals surface area contributed by atoms with Gasteiger partial charge in [0.2, 0.25) is 0 Å². The maximum absolute atomic E-state index is 12.0. The zero-order valence-electron chi connectivity index (χ0n) is 18.8. The number of carboxylic acid groups (broad SMARTS) is 1. The molecule has 1 saturated carbocycles. The normalized spacial score (nSPS) is 18.4. The van der Waals surface area contributed by atoms with Gasteiger partial charge in [0.1, 0.15) is 12.0 Å². The van der Waals surface area contributed by atoms with E-state index in [-0.39, 0.29) is 16.7 Å². The molecular weight excluding hydrogens is 458 g/mol. The van der Waals surface area contributed by atoms with Crippen molar-refractivity contribution < 1.29 is 23.1 Å². The predicted molar refractivity (Wildman–Crippen MR) is 125 cm³/mol. The Morgan fingerprint density at radius 2 is 1.91 bits per heavy atom. The van der Waals surface area contributed by atoms with Crippen LogP contribution in [0, 0.1) is 5.92 Å². The van der Waals surface area contributed by atoms with E-state index in [2.05, 4.69) is 20.4 Å². The number of hydrogen-bond acceptors (Lipinski definition) is 7. The maximum atomic E-state index is 12.0. The highest BCUT2D eigenvalue weighted by molar-refractivity contribution is 7.91. The van der Waals surface area contributed by atoms with Crippen LogP contribution in [0.3, 0.4) is 0 Å². The van der Waals surface area contributed by atoms with Gasteiger partial charge in [0.25, 0.3) is 0 Å². The molecule has 0 saturated heterocycles. The molecule has 1 aliphatic rings. The Bertz CT molecular complexity index is 1230. The van der Waals surface area contributed by atoms with Crippen LogP contribution in [-0.4, -0.2) is 57.8 Å². The Labute approximate surface area is 197 Å². The lowest BCUT2D eigenvalue weighted by Gasteiger charge is -2.28. The fraction of sp³-hybridized carbons (Fsp3) is 0.391. The first kappa shape index (κ1) is 23.7. The summed E-state index contributed by atoms with van der Waals surface area (Å²) in [5, 5.41) is 15.8. The summed E-state index contributed by atoms with van der Waals surface area (Å²) in [5.74, 6) is 0.938. The largest absolute Gasteiger partial charge is 0.489 e. The van der Waals surface area contributed by atoms with Gasteiger partial charge in [-0.05, 0) is 55.9 Å². The monoisotopic (exact) mass is 485 g/mol. The second-order valence-corrected chi connectivity index (χ2v) is 10.6. The van der Waals surface area contributed by atoms with Crippen LogP contribution >= 0.6 is 0 Å². The van der Waals surface area contributed by atoms with Gasteiger partial charge >= 0.3 is 6.09 Å². The fourth-order valence-corrected chi connectivity index (χ4v) is 4.94. The minimum atomic E-state index is -3.26. The van der Waals surface area contributed by atoms with Crippen LogP contribution in [0.4, 0.5) is 4.79 Å². The van der Waals surface area contributed by atoms with Crippen molar-refractivity contribution in [2.45, 2.75) is 43.5 Å². The number of nitrogens with zero attached hydrogens (tertiary/aromatic N) is 4. The van der Waals surface area contributed by atoms with Crippen LogP contribution in [0.25, 0.3) is 16.9 Å². The van der Waals surface area contributed by atoms with E-state index in [1.165, 1.54) is 6.33 Å². The number of ether oxygens (including phenoxy) is 1. The third-order valence-corrected chi connectivity index (χ3v) is 7.77. The summed E-state index contributed by atoms with van der Waals surface area (Å²) in [4.78, 5) is 19.6. The van der Waals surface area contributed by atoms with Crippen LogP contribution in [-0.2, 0) is 9.84 Å². The van der Waals surface area contributed by atoms with Crippen molar-refractivity contribution in [3.05, 3.63) is 49.2 Å². The number of amides is 1. The van der Waals surface area contributed by atoms with E-state index in [4.69, 9.17) is 9.84 Å². The van der Waals surface area contributed by atoms with Crippen molar-refractivity contribution in [3.8, 4) is 22.7 Å². The van der Waals surface area contributed by atoms with E-state index >= 15 is 0 Å². The van der Waals surface area contributed by atoms with E-state index in [0.29, 0.717) is 24.0 Å². The molecule has 1 amide bonds. The number of rotatable bonds is 8. The van der Waals surface area contributed by atoms with Crippen LogP contribution in [0.15, 0.2) is 54.1 Å². The minimum absolute atomic E-state index is 0.00588. The summed E-state index contributed by atoms with van der Waals surface area (Å²) in [7, 11) is -3.26. The molecule has 3 aromatic rings. The van der Waals surface area contributed by atoms with E-state index in [0.717, 1.165) is 36.9 Å². The summed E-state index contributed by atoms with van der Waals surface area (Å²) in [6, 6.07) is 6.59. The fourth-order valence-electron chi connectivity index (χ4n) is 4.05. The van der Waals surface area contributed by atoms with Gasteiger partial charge in [-0.25, -0.2) is 27.9 Å². The molecule has 1 fully saturated rings. The van der Waals surface area contributed by atoms with Gasteiger partial charge in [-0.3, -0.25) is 0 Å². The Morgan fingerprint density at radius 3 is 2.59 bits per heavy atom. The molecule has 0 unspecified atom stereocenters. The molecule has 2 N–H and O–H groups in total. The number of nitrogens with one attached hydrogen (secondary N) is 1. The lowest BCUT2D eigenvalue weighted by molar-refractivity contribution is 0.169. The van der Waals surface area contributed by atoms with Gasteiger partial charge in [-0.15, -0.1) is 0 Å². The molecule has 2 aromatic heterocycles. The van der Waals surface area contributed by atoms with Crippen molar-refractivity contribution in [2.75, 3.05) is 12.4 Å². The van der Waals surface area contributed by atoms with E-state index < -0.39 is 15.9 Å². The first-order valence-corrected chi connectivity index (χ1v) is 12.8. The van der Waals surface area contributed by atoms with Crippen LogP contribution in [0.1, 0.15) is 32.6 Å². The van der Waals surface area contributed by atoms with Gasteiger partial charge in [0, 0.05) is 17.8 Å². The van der Waals surface area contributed by atoms with Crippen molar-refractivity contribution >= 4 is 15.9 Å². The molecule has 180 valence electrons. The van der Waals surface area contributed by atoms with Crippen molar-refractivity contribution in [2.24, 2.45) is 5.92 Å². The Hall–Kier alpha value is -3.47. The number of carbonyl (C=O) groups is 1. The molecule has 1 aromatic carbocycles. The summed E-state index contributed by atoms with van der Waals surface area (Å²) >= 11 is 0. The van der Waals surface area contributed by atoms with Gasteiger partial charge in [0.05, 0.1) is 35.3 Å². The third kappa shape index (κ3) is 5.53. The second-order valence-electron chi connectivity index (χ2n) is 8.28. The molecule has 11 heteroatoms. The van der Waals surface area contributed by atoms with E-state index in [1.807, 2.05) is 0 Å². The highest BCUT2D eigenvalue weighted by Gasteiger charge is 2.23. The van der Waals surface area contributed by atoms with Gasteiger partial charge in [-0.2, -0.15) is 5.10 Å². The average molecular weight is 486 g/mol. The molecule has 0 atom stereocenters. The molecule has 4 rings (SSSR count). The van der Waals surface area contributed by atoms with E-state index in [1.54, 1.807) is 54.5 Å². The van der Waals surface area contributed by atoms with Gasteiger partial charge in [-0.1, -0.05) is 6.92 Å². The van der Waals surface area contributed by atoms with Crippen LogP contribution < -0.4 is 10.1 Å². The molecule has 2 heterocycles. The molecule has 1 aliphatic carbocycles. The van der Waals surface area contributed by atoms with Gasteiger partial charge < -0.3 is 15.2 Å². The van der Waals surface area contributed by atoms with Crippen molar-refractivity contribution in [1.82, 2.24) is 25.1 Å². The lowest BCUT2D eigenvalue weighted by atomic mass is 9.86. The minimum Gasteiger partial charge on any atom is -0.489 e. The Balaban J connectivity index is 1.43. The molecule has 34 heavy (non-hydrogen) atoms. The molecule has 0 aliphatic heterocycles. The third-order valence-electron chi connectivity index (χ3n) is 6.02. The molecule has 0 bridgehead atoms. The summed E-state index contributed by atoms with van der Waals surface area (Å²) < 4.78 is 31.8. The smallest absolute Gasteiger partial charge is 0.404 e. The SMILES string of the molecule is CCS(=O)(=O)c1ccc(-n2cc(-c3ncncc3OCC3CCC(NC(=O)O)CC3)cn2)cc1. The Morgan fingerprint density at radius 1 is 1.18 bits per heavy atom. The first-order chi connectivity index (χ1) is 16.4.